The van der Waals surface area contributed by atoms with Crippen molar-refractivity contribution in [3.63, 3.8) is 0 Å². The van der Waals surface area contributed by atoms with Crippen molar-refractivity contribution in [2.24, 2.45) is 0 Å². The van der Waals surface area contributed by atoms with E-state index in [2.05, 4.69) is 46.5 Å². The Morgan fingerprint density at radius 2 is 1.33 bits per heavy atom. The fourth-order valence-corrected chi connectivity index (χ4v) is 2.21. The zero-order valence-corrected chi connectivity index (χ0v) is 11.9. The molecule has 3 rings (SSSR count). The first kappa shape index (κ1) is 13.3. The minimum atomic E-state index is -0.0601. The second kappa shape index (κ2) is 6.18. The highest BCUT2D eigenvalue weighted by Gasteiger charge is 2.16. The average molecular weight is 275 g/mol. The molecule has 1 N–H and O–H groups in total. The number of aryl methyl sites for hydroxylation is 1. The van der Waals surface area contributed by atoms with Crippen molar-refractivity contribution >= 4 is 5.69 Å². The van der Waals surface area contributed by atoms with Gasteiger partial charge in [-0.15, -0.1) is 0 Å². The fraction of sp³-hybridized carbons (Fsp3) is 0.111. The average Bonchev–Trinajstić information content (AvgIpc) is 2.56. The summed E-state index contributed by atoms with van der Waals surface area (Å²) in [7, 11) is 0. The first-order valence-corrected chi connectivity index (χ1v) is 6.98. The molecule has 104 valence electrons. The first-order valence-electron chi connectivity index (χ1n) is 6.98. The normalized spacial score (nSPS) is 10.6. The third-order valence-corrected chi connectivity index (χ3v) is 3.33. The van der Waals surface area contributed by atoms with Crippen LogP contribution in [-0.2, 0) is 0 Å². The van der Waals surface area contributed by atoms with Crippen molar-refractivity contribution in [2.75, 3.05) is 5.32 Å². The molecule has 0 saturated carbocycles. The summed E-state index contributed by atoms with van der Waals surface area (Å²) in [4.78, 5) is 8.93. The third kappa shape index (κ3) is 3.26. The molecule has 0 aliphatic rings. The van der Waals surface area contributed by atoms with Gasteiger partial charge in [0, 0.05) is 18.1 Å². The lowest BCUT2D eigenvalue weighted by Gasteiger charge is -2.19. The molecule has 0 spiro atoms. The van der Waals surface area contributed by atoms with Crippen LogP contribution in [0.4, 0.5) is 5.69 Å². The molecule has 0 saturated heterocycles. The molecule has 3 heteroatoms. The summed E-state index contributed by atoms with van der Waals surface area (Å²) in [6.07, 6.45) is 3.62. The SMILES string of the molecule is Cc1ccc(NC(c2ccccn2)c2ccccn2)cc1. The predicted molar refractivity (Wildman–Crippen MR) is 85.1 cm³/mol. The Bertz CT molecular complexity index is 639. The van der Waals surface area contributed by atoms with E-state index >= 15 is 0 Å². The molecule has 0 bridgehead atoms. The van der Waals surface area contributed by atoms with Crippen molar-refractivity contribution in [3.05, 3.63) is 90.0 Å². The predicted octanol–water partition coefficient (Wildman–Crippen LogP) is 3.99. The minimum absolute atomic E-state index is 0.0601. The van der Waals surface area contributed by atoms with Gasteiger partial charge in [-0.05, 0) is 43.3 Å². The van der Waals surface area contributed by atoms with E-state index < -0.39 is 0 Å². The molecule has 0 aliphatic heterocycles. The Labute approximate surface area is 124 Å². The van der Waals surface area contributed by atoms with Gasteiger partial charge in [-0.3, -0.25) is 9.97 Å². The molecule has 3 aromatic rings. The van der Waals surface area contributed by atoms with E-state index in [-0.39, 0.29) is 6.04 Å². The second-order valence-corrected chi connectivity index (χ2v) is 4.95. The van der Waals surface area contributed by atoms with Gasteiger partial charge in [0.2, 0.25) is 0 Å². The van der Waals surface area contributed by atoms with E-state index in [9.17, 15) is 0 Å². The van der Waals surface area contributed by atoms with E-state index in [1.807, 2.05) is 48.8 Å². The van der Waals surface area contributed by atoms with Crippen LogP contribution in [-0.4, -0.2) is 9.97 Å². The van der Waals surface area contributed by atoms with Gasteiger partial charge in [0.05, 0.1) is 11.4 Å². The lowest BCUT2D eigenvalue weighted by molar-refractivity contribution is 0.847. The molecule has 0 unspecified atom stereocenters. The number of nitrogens with one attached hydrogen (secondary N) is 1. The van der Waals surface area contributed by atoms with Gasteiger partial charge in [0.1, 0.15) is 6.04 Å². The molecule has 21 heavy (non-hydrogen) atoms. The number of hydrogen-bond acceptors (Lipinski definition) is 3. The Kier molecular flexibility index (Phi) is 3.92. The van der Waals surface area contributed by atoms with E-state index in [1.165, 1.54) is 5.56 Å². The van der Waals surface area contributed by atoms with Crippen molar-refractivity contribution in [1.29, 1.82) is 0 Å². The molecule has 2 heterocycles. The zero-order valence-electron chi connectivity index (χ0n) is 11.9. The monoisotopic (exact) mass is 275 g/mol. The molecule has 2 aromatic heterocycles. The van der Waals surface area contributed by atoms with E-state index in [4.69, 9.17) is 0 Å². The van der Waals surface area contributed by atoms with Crippen LogP contribution in [0.25, 0.3) is 0 Å². The van der Waals surface area contributed by atoms with Crippen LogP contribution in [0.2, 0.25) is 0 Å². The van der Waals surface area contributed by atoms with Gasteiger partial charge in [-0.25, -0.2) is 0 Å². The van der Waals surface area contributed by atoms with Gasteiger partial charge in [0.15, 0.2) is 0 Å². The largest absolute Gasteiger partial charge is 0.372 e. The maximum atomic E-state index is 4.47. The Morgan fingerprint density at radius 3 is 1.81 bits per heavy atom. The number of aromatic nitrogens is 2. The third-order valence-electron chi connectivity index (χ3n) is 3.33. The van der Waals surface area contributed by atoms with Crippen molar-refractivity contribution in [2.45, 2.75) is 13.0 Å². The second-order valence-electron chi connectivity index (χ2n) is 4.95. The van der Waals surface area contributed by atoms with Gasteiger partial charge < -0.3 is 5.32 Å². The summed E-state index contributed by atoms with van der Waals surface area (Å²) in [5.74, 6) is 0. The number of benzene rings is 1. The smallest absolute Gasteiger partial charge is 0.111 e. The highest BCUT2D eigenvalue weighted by atomic mass is 15.0. The summed E-state index contributed by atoms with van der Waals surface area (Å²) in [6, 6.07) is 20.1. The molecular weight excluding hydrogens is 258 g/mol. The van der Waals surface area contributed by atoms with Crippen LogP contribution in [0.5, 0.6) is 0 Å². The number of rotatable bonds is 4. The highest BCUT2D eigenvalue weighted by Crippen LogP contribution is 2.23. The summed E-state index contributed by atoms with van der Waals surface area (Å²) >= 11 is 0. The Morgan fingerprint density at radius 1 is 0.762 bits per heavy atom. The molecule has 0 amide bonds. The van der Waals surface area contributed by atoms with Crippen LogP contribution in [0.15, 0.2) is 73.1 Å². The Balaban J connectivity index is 1.95. The molecule has 0 aliphatic carbocycles. The number of anilines is 1. The summed E-state index contributed by atoms with van der Waals surface area (Å²) in [5, 5.41) is 3.51. The zero-order chi connectivity index (χ0) is 14.5. The van der Waals surface area contributed by atoms with Crippen molar-refractivity contribution in [3.8, 4) is 0 Å². The van der Waals surface area contributed by atoms with E-state index in [0.29, 0.717) is 0 Å². The van der Waals surface area contributed by atoms with Gasteiger partial charge in [-0.1, -0.05) is 29.8 Å². The fourth-order valence-electron chi connectivity index (χ4n) is 2.21. The van der Waals surface area contributed by atoms with Crippen LogP contribution < -0.4 is 5.32 Å². The highest BCUT2D eigenvalue weighted by molar-refractivity contribution is 5.48. The maximum Gasteiger partial charge on any atom is 0.111 e. The summed E-state index contributed by atoms with van der Waals surface area (Å²) < 4.78 is 0. The molecule has 1 aromatic carbocycles. The Hall–Kier alpha value is -2.68. The first-order chi connectivity index (χ1) is 10.3. The summed E-state index contributed by atoms with van der Waals surface area (Å²) in [6.45, 7) is 2.08. The maximum absolute atomic E-state index is 4.47. The van der Waals surface area contributed by atoms with Crippen molar-refractivity contribution < 1.29 is 0 Å². The van der Waals surface area contributed by atoms with Gasteiger partial charge >= 0.3 is 0 Å². The van der Waals surface area contributed by atoms with Gasteiger partial charge in [0.25, 0.3) is 0 Å². The lowest BCUT2D eigenvalue weighted by atomic mass is 10.1. The van der Waals surface area contributed by atoms with Crippen LogP contribution in [0.3, 0.4) is 0 Å². The number of nitrogens with zero attached hydrogens (tertiary/aromatic N) is 2. The quantitative estimate of drug-likeness (QED) is 0.782. The van der Waals surface area contributed by atoms with E-state index in [0.717, 1.165) is 17.1 Å². The van der Waals surface area contributed by atoms with Crippen LogP contribution in [0.1, 0.15) is 23.0 Å². The molecule has 0 fully saturated rings. The summed E-state index contributed by atoms with van der Waals surface area (Å²) in [5.41, 5.74) is 4.21. The van der Waals surface area contributed by atoms with Crippen LogP contribution >= 0.6 is 0 Å². The van der Waals surface area contributed by atoms with Crippen molar-refractivity contribution in [1.82, 2.24) is 9.97 Å². The lowest BCUT2D eigenvalue weighted by Crippen LogP contribution is -2.15. The molecule has 3 nitrogen and oxygen atoms in total. The molecule has 0 atom stereocenters. The minimum Gasteiger partial charge on any atom is -0.372 e. The van der Waals surface area contributed by atoms with E-state index in [1.54, 1.807) is 0 Å². The van der Waals surface area contributed by atoms with Crippen LogP contribution in [0, 0.1) is 6.92 Å². The standard InChI is InChI=1S/C18H17N3/c1-14-8-10-15(11-9-14)21-18(16-6-2-4-12-19-16)17-7-3-5-13-20-17/h2-13,18,21H,1H3. The van der Waals surface area contributed by atoms with Gasteiger partial charge in [-0.2, -0.15) is 0 Å². The molecular formula is C18H17N3. The number of pyridine rings is 2. The number of hydrogen-bond donors (Lipinski definition) is 1. The molecule has 0 radical (unpaired) electrons. The topological polar surface area (TPSA) is 37.8 Å².